The summed E-state index contributed by atoms with van der Waals surface area (Å²) < 4.78 is 27.8. The fourth-order valence-corrected chi connectivity index (χ4v) is 1.81. The van der Waals surface area contributed by atoms with Gasteiger partial charge in [0.2, 0.25) is 0 Å². The third-order valence-electron chi connectivity index (χ3n) is 3.06. The Morgan fingerprint density at radius 3 is 2.58 bits per heavy atom. The van der Waals surface area contributed by atoms with E-state index in [1.165, 1.54) is 37.5 Å². The van der Waals surface area contributed by atoms with Crippen LogP contribution in [-0.2, 0) is 20.9 Å². The summed E-state index contributed by atoms with van der Waals surface area (Å²) in [6, 6.07) is 7.65. The maximum atomic E-state index is 12.8. The Morgan fingerprint density at radius 1 is 1.19 bits per heavy atom. The molecule has 1 aromatic carbocycles. The van der Waals surface area contributed by atoms with Gasteiger partial charge in [0.25, 0.3) is 5.91 Å². The minimum absolute atomic E-state index is 0.106. The zero-order valence-corrected chi connectivity index (χ0v) is 13.9. The predicted octanol–water partition coefficient (Wildman–Crippen LogP) is 1.76. The van der Waals surface area contributed by atoms with Gasteiger partial charge in [-0.15, -0.1) is 0 Å². The van der Waals surface area contributed by atoms with Gasteiger partial charge in [-0.05, 0) is 43.3 Å². The SMILES string of the molecule is C[C@@H](Oc1ccc(F)cc1)C(=O)OCC(=O)NC(=O)NCc1ccco1. The standard InChI is InChI=1S/C17H17FN2O6/c1-11(26-13-6-4-12(18)5-7-13)16(22)25-10-15(21)20-17(23)19-9-14-3-2-8-24-14/h2-8,11H,9-10H2,1H3,(H2,19,20,21,23)/t11-/m1/s1. The molecule has 2 rings (SSSR count). The van der Waals surface area contributed by atoms with Crippen LogP contribution < -0.4 is 15.4 Å². The van der Waals surface area contributed by atoms with Crippen LogP contribution in [0.25, 0.3) is 0 Å². The summed E-state index contributed by atoms with van der Waals surface area (Å²) in [5, 5.41) is 4.41. The summed E-state index contributed by atoms with van der Waals surface area (Å²) in [5.41, 5.74) is 0. The molecule has 0 spiro atoms. The number of hydrogen-bond acceptors (Lipinski definition) is 6. The first-order valence-electron chi connectivity index (χ1n) is 7.63. The first kappa shape index (κ1) is 19.0. The molecule has 2 aromatic rings. The van der Waals surface area contributed by atoms with Crippen LogP contribution in [0.5, 0.6) is 5.75 Å². The molecule has 2 N–H and O–H groups in total. The zero-order chi connectivity index (χ0) is 18.9. The van der Waals surface area contributed by atoms with Gasteiger partial charge in [-0.1, -0.05) is 0 Å². The Morgan fingerprint density at radius 2 is 1.92 bits per heavy atom. The van der Waals surface area contributed by atoms with Crippen molar-refractivity contribution in [2.75, 3.05) is 6.61 Å². The van der Waals surface area contributed by atoms with Crippen LogP contribution in [0.1, 0.15) is 12.7 Å². The number of furan rings is 1. The largest absolute Gasteiger partial charge is 0.479 e. The fourth-order valence-electron chi connectivity index (χ4n) is 1.81. The fraction of sp³-hybridized carbons (Fsp3) is 0.235. The van der Waals surface area contributed by atoms with Gasteiger partial charge < -0.3 is 19.2 Å². The van der Waals surface area contributed by atoms with Crippen LogP contribution in [0.15, 0.2) is 47.1 Å². The van der Waals surface area contributed by atoms with E-state index < -0.39 is 36.4 Å². The van der Waals surface area contributed by atoms with Crippen LogP contribution in [0, 0.1) is 5.82 Å². The van der Waals surface area contributed by atoms with E-state index in [0.717, 1.165) is 0 Å². The van der Waals surface area contributed by atoms with Crippen LogP contribution >= 0.6 is 0 Å². The van der Waals surface area contributed by atoms with E-state index >= 15 is 0 Å². The summed E-state index contributed by atoms with van der Waals surface area (Å²) in [6.07, 6.45) is 0.440. The molecule has 26 heavy (non-hydrogen) atoms. The molecule has 9 heteroatoms. The second-order valence-corrected chi connectivity index (χ2v) is 5.13. The van der Waals surface area contributed by atoms with Crippen molar-refractivity contribution in [1.82, 2.24) is 10.6 Å². The molecular weight excluding hydrogens is 347 g/mol. The van der Waals surface area contributed by atoms with E-state index in [4.69, 9.17) is 13.9 Å². The second-order valence-electron chi connectivity index (χ2n) is 5.13. The number of esters is 1. The Bertz CT molecular complexity index is 745. The Hall–Kier alpha value is -3.36. The Kier molecular flexibility index (Phi) is 6.72. The lowest BCUT2D eigenvalue weighted by Crippen LogP contribution is -2.41. The van der Waals surface area contributed by atoms with Gasteiger partial charge in [-0.25, -0.2) is 14.0 Å². The van der Waals surface area contributed by atoms with E-state index in [1.807, 2.05) is 5.32 Å². The van der Waals surface area contributed by atoms with Crippen molar-refractivity contribution in [2.24, 2.45) is 0 Å². The number of imide groups is 1. The molecule has 0 aliphatic rings. The monoisotopic (exact) mass is 364 g/mol. The number of ether oxygens (including phenoxy) is 2. The van der Waals surface area contributed by atoms with Gasteiger partial charge in [0.15, 0.2) is 12.7 Å². The van der Waals surface area contributed by atoms with Gasteiger partial charge in [-0.2, -0.15) is 0 Å². The van der Waals surface area contributed by atoms with Crippen LogP contribution in [0.3, 0.4) is 0 Å². The van der Waals surface area contributed by atoms with Crippen molar-refractivity contribution < 1.29 is 32.7 Å². The average molecular weight is 364 g/mol. The molecule has 0 aliphatic heterocycles. The van der Waals surface area contributed by atoms with Gasteiger partial charge in [-0.3, -0.25) is 10.1 Å². The molecule has 0 saturated carbocycles. The summed E-state index contributed by atoms with van der Waals surface area (Å²) in [7, 11) is 0. The number of hydrogen-bond donors (Lipinski definition) is 2. The van der Waals surface area contributed by atoms with Crippen molar-refractivity contribution in [1.29, 1.82) is 0 Å². The highest BCUT2D eigenvalue weighted by molar-refractivity contribution is 5.95. The number of benzene rings is 1. The van der Waals surface area contributed by atoms with Crippen molar-refractivity contribution in [3.63, 3.8) is 0 Å². The summed E-state index contributed by atoms with van der Waals surface area (Å²) in [4.78, 5) is 34.9. The quantitative estimate of drug-likeness (QED) is 0.725. The van der Waals surface area contributed by atoms with Crippen molar-refractivity contribution in [3.8, 4) is 5.75 Å². The van der Waals surface area contributed by atoms with E-state index in [0.29, 0.717) is 5.76 Å². The van der Waals surface area contributed by atoms with Gasteiger partial charge in [0.05, 0.1) is 12.8 Å². The lowest BCUT2D eigenvalue weighted by molar-refractivity contribution is -0.154. The second kappa shape index (κ2) is 9.21. The van der Waals surface area contributed by atoms with Crippen LogP contribution in [0.4, 0.5) is 9.18 Å². The number of halogens is 1. The molecule has 0 unspecified atom stereocenters. The minimum atomic E-state index is -1.01. The molecular formula is C17H17FN2O6. The molecule has 0 fully saturated rings. The highest BCUT2D eigenvalue weighted by Gasteiger charge is 2.18. The predicted molar refractivity (Wildman–Crippen MR) is 86.5 cm³/mol. The van der Waals surface area contributed by atoms with E-state index in [1.54, 1.807) is 12.1 Å². The highest BCUT2D eigenvalue weighted by atomic mass is 19.1. The number of urea groups is 1. The maximum absolute atomic E-state index is 12.8. The smallest absolute Gasteiger partial charge is 0.347 e. The first-order chi connectivity index (χ1) is 12.4. The van der Waals surface area contributed by atoms with Crippen molar-refractivity contribution in [3.05, 3.63) is 54.2 Å². The Labute approximate surface area is 148 Å². The third kappa shape index (κ3) is 6.27. The maximum Gasteiger partial charge on any atom is 0.347 e. The molecule has 0 aliphatic carbocycles. The van der Waals surface area contributed by atoms with E-state index in [9.17, 15) is 18.8 Å². The van der Waals surface area contributed by atoms with E-state index in [-0.39, 0.29) is 12.3 Å². The highest BCUT2D eigenvalue weighted by Crippen LogP contribution is 2.13. The number of carbonyl (C=O) groups excluding carboxylic acids is 3. The van der Waals surface area contributed by atoms with Crippen LogP contribution in [-0.4, -0.2) is 30.6 Å². The van der Waals surface area contributed by atoms with Crippen LogP contribution in [0.2, 0.25) is 0 Å². The first-order valence-corrected chi connectivity index (χ1v) is 7.63. The molecule has 1 heterocycles. The van der Waals surface area contributed by atoms with Crippen molar-refractivity contribution >= 4 is 17.9 Å². The average Bonchev–Trinajstić information content (AvgIpc) is 3.13. The molecule has 0 bridgehead atoms. The van der Waals surface area contributed by atoms with Crippen molar-refractivity contribution in [2.45, 2.75) is 19.6 Å². The summed E-state index contributed by atoms with van der Waals surface area (Å²) in [5.74, 6) is -1.25. The third-order valence-corrected chi connectivity index (χ3v) is 3.06. The van der Waals surface area contributed by atoms with Gasteiger partial charge in [0.1, 0.15) is 17.3 Å². The summed E-state index contributed by atoms with van der Waals surface area (Å²) >= 11 is 0. The normalized spacial score (nSPS) is 11.3. The number of rotatable bonds is 7. The minimum Gasteiger partial charge on any atom is -0.479 e. The molecule has 3 amide bonds. The molecule has 0 radical (unpaired) electrons. The van der Waals surface area contributed by atoms with Gasteiger partial charge in [0, 0.05) is 0 Å². The van der Waals surface area contributed by atoms with E-state index in [2.05, 4.69) is 5.32 Å². The number of nitrogens with one attached hydrogen (secondary N) is 2. The molecule has 0 saturated heterocycles. The molecule has 1 atom stereocenters. The summed E-state index contributed by atoms with van der Waals surface area (Å²) in [6.45, 7) is 0.873. The zero-order valence-electron chi connectivity index (χ0n) is 13.9. The topological polar surface area (TPSA) is 107 Å². The number of carbonyl (C=O) groups is 3. The lowest BCUT2D eigenvalue weighted by atomic mass is 10.3. The van der Waals surface area contributed by atoms with Gasteiger partial charge >= 0.3 is 12.0 Å². The molecule has 138 valence electrons. The number of amides is 3. The molecule has 8 nitrogen and oxygen atoms in total. The molecule has 1 aromatic heterocycles. The Balaban J connectivity index is 1.67. The lowest BCUT2D eigenvalue weighted by Gasteiger charge is -2.13.